The van der Waals surface area contributed by atoms with Crippen LogP contribution in [-0.2, 0) is 11.3 Å². The zero-order valence-electron chi connectivity index (χ0n) is 15.1. The summed E-state index contributed by atoms with van der Waals surface area (Å²) in [5, 5.41) is 6.30. The van der Waals surface area contributed by atoms with Crippen LogP contribution in [-0.4, -0.2) is 45.5 Å². The van der Waals surface area contributed by atoms with E-state index in [1.807, 2.05) is 13.0 Å². The summed E-state index contributed by atoms with van der Waals surface area (Å²) < 4.78 is 46.6. The number of unbranched alkanes of at least 4 members (excludes halogenated alkanes) is 1. The first-order chi connectivity index (χ1) is 11.9. The van der Waals surface area contributed by atoms with E-state index >= 15 is 0 Å². The molecule has 2 N–H and O–H groups in total. The SMILES string of the molecule is CCOCCCCNC(=NC)NCc1cccc(OCC(F)(F)F)c1.I. The Hall–Kier alpha value is -1.23. The molecule has 9 heteroatoms. The van der Waals surface area contributed by atoms with E-state index in [2.05, 4.69) is 15.6 Å². The molecule has 26 heavy (non-hydrogen) atoms. The van der Waals surface area contributed by atoms with Crippen molar-refractivity contribution in [3.05, 3.63) is 29.8 Å². The third kappa shape index (κ3) is 12.2. The van der Waals surface area contributed by atoms with Crippen molar-refractivity contribution in [3.63, 3.8) is 0 Å². The van der Waals surface area contributed by atoms with Gasteiger partial charge in [-0.05, 0) is 37.5 Å². The molecule has 5 nitrogen and oxygen atoms in total. The molecule has 0 saturated carbocycles. The van der Waals surface area contributed by atoms with Crippen molar-refractivity contribution < 1.29 is 22.6 Å². The summed E-state index contributed by atoms with van der Waals surface area (Å²) in [5.74, 6) is 0.827. The first kappa shape index (κ1) is 24.8. The number of rotatable bonds is 10. The fourth-order valence-corrected chi connectivity index (χ4v) is 2.00. The van der Waals surface area contributed by atoms with Crippen molar-refractivity contribution in [3.8, 4) is 5.75 Å². The van der Waals surface area contributed by atoms with Gasteiger partial charge in [-0.25, -0.2) is 0 Å². The van der Waals surface area contributed by atoms with Gasteiger partial charge in [0.15, 0.2) is 12.6 Å². The largest absolute Gasteiger partial charge is 0.484 e. The number of aliphatic imine (C=N–C) groups is 1. The molecule has 0 spiro atoms. The standard InChI is InChI=1S/C17H26F3N3O2.HI/c1-3-24-10-5-4-9-22-16(21-2)23-12-14-7-6-8-15(11-14)25-13-17(18,19)20;/h6-8,11H,3-5,9-10,12-13H2,1-2H3,(H2,21,22,23);1H. The molecule has 0 unspecified atom stereocenters. The van der Waals surface area contributed by atoms with Crippen molar-refractivity contribution >= 4 is 29.9 Å². The number of nitrogens with zero attached hydrogens (tertiary/aromatic N) is 1. The topological polar surface area (TPSA) is 54.9 Å². The van der Waals surface area contributed by atoms with Gasteiger partial charge >= 0.3 is 6.18 Å². The van der Waals surface area contributed by atoms with Gasteiger partial charge in [0.1, 0.15) is 5.75 Å². The zero-order chi connectivity index (χ0) is 18.5. The second-order valence-corrected chi connectivity index (χ2v) is 5.31. The van der Waals surface area contributed by atoms with Gasteiger partial charge in [0, 0.05) is 33.4 Å². The van der Waals surface area contributed by atoms with Crippen LogP contribution >= 0.6 is 24.0 Å². The van der Waals surface area contributed by atoms with E-state index in [9.17, 15) is 13.2 Å². The van der Waals surface area contributed by atoms with Gasteiger partial charge in [-0.3, -0.25) is 4.99 Å². The van der Waals surface area contributed by atoms with E-state index in [0.717, 1.165) is 38.2 Å². The number of ether oxygens (including phenoxy) is 2. The van der Waals surface area contributed by atoms with Gasteiger partial charge in [0.05, 0.1) is 0 Å². The first-order valence-electron chi connectivity index (χ1n) is 8.25. The summed E-state index contributed by atoms with van der Waals surface area (Å²) in [6, 6.07) is 6.55. The number of alkyl halides is 3. The van der Waals surface area contributed by atoms with Gasteiger partial charge in [-0.1, -0.05) is 12.1 Å². The average molecular weight is 489 g/mol. The Balaban J connectivity index is 0.00000625. The molecule has 150 valence electrons. The molecule has 0 saturated heterocycles. The molecule has 1 rings (SSSR count). The lowest BCUT2D eigenvalue weighted by Crippen LogP contribution is -2.37. The van der Waals surface area contributed by atoms with Crippen LogP contribution in [0, 0.1) is 0 Å². The number of guanidine groups is 1. The fraction of sp³-hybridized carbons (Fsp3) is 0.588. The number of nitrogens with one attached hydrogen (secondary N) is 2. The van der Waals surface area contributed by atoms with Crippen LogP contribution in [0.1, 0.15) is 25.3 Å². The molecule has 0 radical (unpaired) electrons. The van der Waals surface area contributed by atoms with Gasteiger partial charge in [-0.2, -0.15) is 13.2 Å². The summed E-state index contributed by atoms with van der Waals surface area (Å²) in [6.45, 7) is 3.34. The molecule has 0 aliphatic carbocycles. The zero-order valence-corrected chi connectivity index (χ0v) is 17.4. The maximum absolute atomic E-state index is 12.2. The van der Waals surface area contributed by atoms with E-state index in [0.29, 0.717) is 12.5 Å². The maximum atomic E-state index is 12.2. The van der Waals surface area contributed by atoms with Crippen molar-refractivity contribution in [1.29, 1.82) is 0 Å². The third-order valence-electron chi connectivity index (χ3n) is 3.20. The smallest absolute Gasteiger partial charge is 0.422 e. The van der Waals surface area contributed by atoms with Crippen molar-refractivity contribution in [2.24, 2.45) is 4.99 Å². The highest BCUT2D eigenvalue weighted by molar-refractivity contribution is 14.0. The quantitative estimate of drug-likeness (QED) is 0.228. The van der Waals surface area contributed by atoms with E-state index in [1.165, 1.54) is 6.07 Å². The Morgan fingerprint density at radius 3 is 2.62 bits per heavy atom. The van der Waals surface area contributed by atoms with Crippen LogP contribution in [0.4, 0.5) is 13.2 Å². The summed E-state index contributed by atoms with van der Waals surface area (Å²) in [5.41, 5.74) is 0.805. The fourth-order valence-electron chi connectivity index (χ4n) is 2.00. The van der Waals surface area contributed by atoms with E-state index in [1.54, 1.807) is 19.2 Å². The minimum atomic E-state index is -4.34. The Morgan fingerprint density at radius 1 is 1.19 bits per heavy atom. The minimum absolute atomic E-state index is 0. The summed E-state index contributed by atoms with van der Waals surface area (Å²) in [7, 11) is 1.67. The highest BCUT2D eigenvalue weighted by atomic mass is 127. The Morgan fingerprint density at radius 2 is 1.96 bits per heavy atom. The summed E-state index contributed by atoms with van der Waals surface area (Å²) in [6.07, 6.45) is -2.42. The number of hydrogen-bond donors (Lipinski definition) is 2. The molecule has 0 bridgehead atoms. The van der Waals surface area contributed by atoms with Crippen LogP contribution in [0.5, 0.6) is 5.75 Å². The molecule has 0 fully saturated rings. The predicted octanol–water partition coefficient (Wildman–Crippen LogP) is 3.73. The Kier molecular flexibility index (Phi) is 13.2. The third-order valence-corrected chi connectivity index (χ3v) is 3.20. The summed E-state index contributed by atoms with van der Waals surface area (Å²) in [4.78, 5) is 4.11. The Bertz CT molecular complexity index is 528. The van der Waals surface area contributed by atoms with Crippen molar-refractivity contribution in [1.82, 2.24) is 10.6 Å². The number of halogens is 4. The van der Waals surface area contributed by atoms with Gasteiger partial charge < -0.3 is 20.1 Å². The van der Waals surface area contributed by atoms with E-state index < -0.39 is 12.8 Å². The van der Waals surface area contributed by atoms with E-state index in [4.69, 9.17) is 9.47 Å². The molecule has 0 heterocycles. The molecular formula is C17H27F3IN3O2. The van der Waals surface area contributed by atoms with Crippen LogP contribution in [0.3, 0.4) is 0 Å². The maximum Gasteiger partial charge on any atom is 0.422 e. The number of benzene rings is 1. The summed E-state index contributed by atoms with van der Waals surface area (Å²) >= 11 is 0. The minimum Gasteiger partial charge on any atom is -0.484 e. The first-order valence-corrected chi connectivity index (χ1v) is 8.25. The normalized spacial score (nSPS) is 11.7. The highest BCUT2D eigenvalue weighted by Gasteiger charge is 2.28. The van der Waals surface area contributed by atoms with Gasteiger partial charge in [-0.15, -0.1) is 24.0 Å². The molecule has 0 aliphatic rings. The molecule has 1 aromatic rings. The number of hydrogen-bond acceptors (Lipinski definition) is 3. The van der Waals surface area contributed by atoms with Gasteiger partial charge in [0.2, 0.25) is 0 Å². The molecule has 0 aromatic heterocycles. The molecule has 0 amide bonds. The van der Waals surface area contributed by atoms with Crippen LogP contribution in [0.25, 0.3) is 0 Å². The van der Waals surface area contributed by atoms with E-state index in [-0.39, 0.29) is 29.7 Å². The van der Waals surface area contributed by atoms with Crippen LogP contribution < -0.4 is 15.4 Å². The predicted molar refractivity (Wildman–Crippen MR) is 107 cm³/mol. The average Bonchev–Trinajstić information content (AvgIpc) is 2.58. The van der Waals surface area contributed by atoms with Crippen molar-refractivity contribution in [2.45, 2.75) is 32.5 Å². The highest BCUT2D eigenvalue weighted by Crippen LogP contribution is 2.19. The van der Waals surface area contributed by atoms with Crippen LogP contribution in [0.15, 0.2) is 29.3 Å². The van der Waals surface area contributed by atoms with Gasteiger partial charge in [0.25, 0.3) is 0 Å². The molecule has 0 atom stereocenters. The molecular weight excluding hydrogens is 462 g/mol. The van der Waals surface area contributed by atoms with Crippen molar-refractivity contribution in [2.75, 3.05) is 33.4 Å². The second kappa shape index (κ2) is 13.9. The lowest BCUT2D eigenvalue weighted by Gasteiger charge is -2.13. The lowest BCUT2D eigenvalue weighted by atomic mass is 10.2. The molecule has 1 aromatic carbocycles. The second-order valence-electron chi connectivity index (χ2n) is 5.31. The molecule has 0 aliphatic heterocycles. The monoisotopic (exact) mass is 489 g/mol. The lowest BCUT2D eigenvalue weighted by molar-refractivity contribution is -0.153. The Labute approximate surface area is 169 Å². The van der Waals surface area contributed by atoms with Crippen LogP contribution in [0.2, 0.25) is 0 Å².